The highest BCUT2D eigenvalue weighted by Crippen LogP contribution is 2.41. The van der Waals surface area contributed by atoms with Crippen LogP contribution in [0.5, 0.6) is 5.88 Å². The molecule has 0 saturated carbocycles. The lowest BCUT2D eigenvalue weighted by Gasteiger charge is -2.50. The highest BCUT2D eigenvalue weighted by atomic mass is 19.4. The number of anilines is 1. The normalized spacial score (nSPS) is 20.8. The number of hydrogen-bond donors (Lipinski definition) is 2. The zero-order chi connectivity index (χ0) is 29.3. The quantitative estimate of drug-likeness (QED) is 0.522. The Morgan fingerprint density at radius 1 is 1.05 bits per heavy atom. The van der Waals surface area contributed by atoms with Gasteiger partial charge in [0.15, 0.2) is 5.82 Å². The topological polar surface area (TPSA) is 135 Å². The van der Waals surface area contributed by atoms with Gasteiger partial charge in [-0.3, -0.25) is 0 Å². The summed E-state index contributed by atoms with van der Waals surface area (Å²) in [5.41, 5.74) is -0.133. The Balaban J connectivity index is 0.000000317. The molecule has 216 valence electrons. The zero-order valence-corrected chi connectivity index (χ0v) is 20.0. The summed E-state index contributed by atoms with van der Waals surface area (Å²) in [5.74, 6) is -4.76. The first kappa shape index (κ1) is 31.5. The highest BCUT2D eigenvalue weighted by Gasteiger charge is 2.47. The Bertz CT molecular complexity index is 1050. The Hall–Kier alpha value is -3.76. The third kappa shape index (κ3) is 9.81. The van der Waals surface area contributed by atoms with E-state index >= 15 is 0 Å². The second-order valence-electron chi connectivity index (χ2n) is 8.30. The van der Waals surface area contributed by atoms with E-state index in [-0.39, 0.29) is 11.5 Å². The second kappa shape index (κ2) is 13.3. The van der Waals surface area contributed by atoms with Gasteiger partial charge < -0.3 is 24.6 Å². The van der Waals surface area contributed by atoms with Crippen molar-refractivity contribution in [3.05, 3.63) is 42.6 Å². The van der Waals surface area contributed by atoms with Gasteiger partial charge in [-0.15, -0.1) is 0 Å². The molecule has 0 aromatic carbocycles. The Kier molecular flexibility index (Phi) is 10.8. The average Bonchev–Trinajstić information content (AvgIpc) is 2.88. The van der Waals surface area contributed by atoms with Crippen molar-refractivity contribution < 1.29 is 60.0 Å². The fourth-order valence-electron chi connectivity index (χ4n) is 3.79. The number of carboxylic acids is 2. The van der Waals surface area contributed by atoms with Gasteiger partial charge in [0.2, 0.25) is 11.8 Å². The molecular weight excluding hydrogens is 549 g/mol. The van der Waals surface area contributed by atoms with Crippen molar-refractivity contribution in [1.29, 1.82) is 0 Å². The number of hydrogen-bond acceptors (Lipinski definition) is 8. The molecule has 2 saturated heterocycles. The number of rotatable bonds is 4. The number of halogens is 7. The molecule has 0 amide bonds. The minimum absolute atomic E-state index is 0.133. The molecule has 2 atom stereocenters. The summed E-state index contributed by atoms with van der Waals surface area (Å²) in [5, 5.41) is 14.2. The number of aliphatic carboxylic acids is 2. The molecule has 2 aromatic rings. The summed E-state index contributed by atoms with van der Waals surface area (Å²) in [7, 11) is 0. The molecule has 0 spiro atoms. The third-order valence-corrected chi connectivity index (χ3v) is 5.51. The number of carboxylic acid groups (broad SMARTS) is 2. The van der Waals surface area contributed by atoms with Crippen LogP contribution in [0.4, 0.5) is 36.7 Å². The van der Waals surface area contributed by atoms with Gasteiger partial charge in [0.05, 0.1) is 25.1 Å². The number of piperidine rings is 1. The first-order valence-corrected chi connectivity index (χ1v) is 11.1. The van der Waals surface area contributed by atoms with Crippen molar-refractivity contribution in [2.75, 3.05) is 31.2 Å². The number of fused-ring (bicyclic) bond motifs is 1. The molecule has 2 aliphatic rings. The third-order valence-electron chi connectivity index (χ3n) is 5.51. The summed E-state index contributed by atoms with van der Waals surface area (Å²) in [6.45, 7) is 2.85. The van der Waals surface area contributed by atoms with Crippen molar-refractivity contribution >= 4 is 17.9 Å². The molecule has 17 heteroatoms. The molecule has 39 heavy (non-hydrogen) atoms. The van der Waals surface area contributed by atoms with Crippen LogP contribution in [0.15, 0.2) is 36.8 Å². The van der Waals surface area contributed by atoms with Crippen LogP contribution in [0.3, 0.4) is 0 Å². The van der Waals surface area contributed by atoms with Gasteiger partial charge in [0, 0.05) is 37.4 Å². The molecule has 2 fully saturated rings. The van der Waals surface area contributed by atoms with Crippen molar-refractivity contribution in [2.45, 2.75) is 37.7 Å². The van der Waals surface area contributed by atoms with E-state index in [4.69, 9.17) is 29.3 Å². The first-order valence-electron chi connectivity index (χ1n) is 11.1. The lowest BCUT2D eigenvalue weighted by atomic mass is 9.73. The Morgan fingerprint density at radius 2 is 1.64 bits per heavy atom. The van der Waals surface area contributed by atoms with Crippen LogP contribution >= 0.6 is 0 Å². The lowest BCUT2D eigenvalue weighted by Crippen LogP contribution is -2.57. The molecule has 2 aliphatic heterocycles. The highest BCUT2D eigenvalue weighted by molar-refractivity contribution is 5.73. The van der Waals surface area contributed by atoms with Crippen molar-refractivity contribution in [2.24, 2.45) is 5.41 Å². The maximum absolute atomic E-state index is 13.1. The van der Waals surface area contributed by atoms with Crippen LogP contribution in [-0.2, 0) is 14.3 Å². The lowest BCUT2D eigenvalue weighted by molar-refractivity contribution is -0.193. The number of aromatic nitrogens is 3. The number of alkyl halides is 6. The molecule has 2 N–H and O–H groups in total. The monoisotopic (exact) mass is 572 g/mol. The van der Waals surface area contributed by atoms with Crippen LogP contribution in [-0.4, -0.2) is 81.9 Å². The number of pyridine rings is 1. The summed E-state index contributed by atoms with van der Waals surface area (Å²) in [6, 6.07) is 5.64. The van der Waals surface area contributed by atoms with Gasteiger partial charge in [-0.25, -0.2) is 28.9 Å². The van der Waals surface area contributed by atoms with E-state index in [1.54, 1.807) is 6.20 Å². The molecule has 2 unspecified atom stereocenters. The van der Waals surface area contributed by atoms with Gasteiger partial charge in [-0.2, -0.15) is 26.3 Å². The fourth-order valence-corrected chi connectivity index (χ4v) is 3.79. The maximum Gasteiger partial charge on any atom is 0.490 e. The van der Waals surface area contributed by atoms with E-state index in [0.29, 0.717) is 18.4 Å². The molecule has 4 rings (SSSR count). The summed E-state index contributed by atoms with van der Waals surface area (Å²) < 4.78 is 88.6. The van der Waals surface area contributed by atoms with Crippen molar-refractivity contribution in [3.63, 3.8) is 0 Å². The van der Waals surface area contributed by atoms with Gasteiger partial charge in [-0.1, -0.05) is 6.07 Å². The fraction of sp³-hybridized carbons (Fsp3) is 0.500. The van der Waals surface area contributed by atoms with Crippen molar-refractivity contribution in [3.8, 4) is 5.88 Å². The number of carbonyl (C=O) groups is 2. The average molecular weight is 572 g/mol. The minimum Gasteiger partial charge on any atom is -0.477 e. The van der Waals surface area contributed by atoms with Crippen molar-refractivity contribution in [1.82, 2.24) is 15.0 Å². The summed E-state index contributed by atoms with van der Waals surface area (Å²) >= 11 is 0. The van der Waals surface area contributed by atoms with Gasteiger partial charge >= 0.3 is 24.3 Å². The standard InChI is InChI=1S/C18H21FN4O2.2C2HF3O2/c19-14-10-21-17(22-11-14)23-8-5-15-18(12-23,6-3-9-24-15)13-25-16-4-1-2-7-20-16;2*3-2(4,5)1(6)7/h1-2,4,7,10-11,15H,3,5-6,8-9,12-13H2;2*(H,6,7). The Labute approximate surface area is 216 Å². The molecule has 2 aromatic heterocycles. The van der Waals surface area contributed by atoms with E-state index in [1.165, 1.54) is 12.4 Å². The number of nitrogens with zero attached hydrogens (tertiary/aromatic N) is 4. The predicted octanol–water partition coefficient (Wildman–Crippen LogP) is 3.73. The van der Waals surface area contributed by atoms with E-state index in [1.807, 2.05) is 18.2 Å². The number of ether oxygens (including phenoxy) is 2. The largest absolute Gasteiger partial charge is 0.490 e. The minimum atomic E-state index is -5.08. The van der Waals surface area contributed by atoms with E-state index in [0.717, 1.165) is 39.0 Å². The van der Waals surface area contributed by atoms with Crippen LogP contribution in [0, 0.1) is 11.2 Å². The van der Waals surface area contributed by atoms with Gasteiger partial charge in [0.25, 0.3) is 0 Å². The molecule has 10 nitrogen and oxygen atoms in total. The first-order chi connectivity index (χ1) is 18.1. The summed E-state index contributed by atoms with van der Waals surface area (Å²) in [4.78, 5) is 32.4. The Morgan fingerprint density at radius 3 is 2.15 bits per heavy atom. The van der Waals surface area contributed by atoms with Crippen LogP contribution < -0.4 is 9.64 Å². The molecule has 0 aliphatic carbocycles. The van der Waals surface area contributed by atoms with E-state index in [2.05, 4.69) is 19.9 Å². The van der Waals surface area contributed by atoms with Crippen LogP contribution in [0.25, 0.3) is 0 Å². The van der Waals surface area contributed by atoms with Gasteiger partial charge in [-0.05, 0) is 25.3 Å². The molecule has 0 radical (unpaired) electrons. The summed E-state index contributed by atoms with van der Waals surface area (Å²) in [6.07, 6.45) is -2.97. The second-order valence-corrected chi connectivity index (χ2v) is 8.30. The molecule has 4 heterocycles. The predicted molar refractivity (Wildman–Crippen MR) is 117 cm³/mol. The SMILES string of the molecule is Fc1cnc(N2CCC3OCCCC3(COc3ccccn3)C2)nc1.O=C(O)C(F)(F)F.O=C(O)C(F)(F)F. The van der Waals surface area contributed by atoms with Crippen LogP contribution in [0.1, 0.15) is 19.3 Å². The van der Waals surface area contributed by atoms with Gasteiger partial charge in [0.1, 0.15) is 0 Å². The maximum atomic E-state index is 13.1. The smallest absolute Gasteiger partial charge is 0.477 e. The zero-order valence-electron chi connectivity index (χ0n) is 20.0. The van der Waals surface area contributed by atoms with E-state index < -0.39 is 30.1 Å². The molecule has 0 bridgehead atoms. The van der Waals surface area contributed by atoms with Crippen LogP contribution in [0.2, 0.25) is 0 Å². The van der Waals surface area contributed by atoms with E-state index in [9.17, 15) is 30.7 Å². The molecular formula is C22H23F7N4O6.